The van der Waals surface area contributed by atoms with Crippen LogP contribution in [0.2, 0.25) is 0 Å². The van der Waals surface area contributed by atoms with E-state index in [1.807, 2.05) is 105 Å². The predicted molar refractivity (Wildman–Crippen MR) is 149 cm³/mol. The van der Waals surface area contributed by atoms with Gasteiger partial charge in [-0.05, 0) is 26.0 Å². The molecule has 0 bridgehead atoms. The Bertz CT molecular complexity index is 1840. The molecule has 37 heavy (non-hydrogen) atoms. The summed E-state index contributed by atoms with van der Waals surface area (Å²) in [6.45, 7) is 4.07. The summed E-state index contributed by atoms with van der Waals surface area (Å²) in [4.78, 5) is 24.5. The molecule has 0 unspecified atom stereocenters. The van der Waals surface area contributed by atoms with Gasteiger partial charge in [-0.15, -0.1) is 9.89 Å². The molecule has 0 aliphatic carbocycles. The summed E-state index contributed by atoms with van der Waals surface area (Å²) < 4.78 is 0. The number of rotatable bonds is 2. The van der Waals surface area contributed by atoms with Gasteiger partial charge in [-0.1, -0.05) is 96.1 Å². The number of H-pyrrole nitrogens is 1. The number of aromatic amines is 1. The summed E-state index contributed by atoms with van der Waals surface area (Å²) in [7, 11) is 0. The fourth-order valence-electron chi connectivity index (χ4n) is 4.18. The number of aromatic nitrogens is 4. The molecule has 3 N–H and O–H groups in total. The third kappa shape index (κ3) is 4.75. The van der Waals surface area contributed by atoms with Crippen LogP contribution in [-0.2, 0) is 0 Å². The van der Waals surface area contributed by atoms with Gasteiger partial charge in [0, 0.05) is 21.9 Å². The lowest BCUT2D eigenvalue weighted by atomic mass is 10.0. The highest BCUT2D eigenvalue weighted by atomic mass is 16.1. The summed E-state index contributed by atoms with van der Waals surface area (Å²) in [6, 6.07) is 31.0. The van der Waals surface area contributed by atoms with Gasteiger partial charge in [0.1, 0.15) is 5.69 Å². The molecule has 0 amide bonds. The van der Waals surface area contributed by atoms with Crippen LogP contribution in [0.3, 0.4) is 0 Å². The van der Waals surface area contributed by atoms with Gasteiger partial charge in [-0.2, -0.15) is 5.10 Å². The Labute approximate surface area is 212 Å². The van der Waals surface area contributed by atoms with E-state index >= 15 is 0 Å². The highest BCUT2D eigenvalue weighted by Crippen LogP contribution is 2.25. The number of nitrogens with two attached hydrogens (primary N) is 1. The maximum Gasteiger partial charge on any atom is 0.293 e. The summed E-state index contributed by atoms with van der Waals surface area (Å²) >= 11 is 0. The Morgan fingerprint density at radius 2 is 1.08 bits per heavy atom. The molecule has 0 saturated heterocycles. The van der Waals surface area contributed by atoms with Crippen LogP contribution in [0.25, 0.3) is 44.1 Å². The van der Waals surface area contributed by atoms with E-state index in [4.69, 9.17) is 5.84 Å². The second kappa shape index (κ2) is 9.91. The third-order valence-electron chi connectivity index (χ3n) is 6.17. The minimum atomic E-state index is -0.286. The summed E-state index contributed by atoms with van der Waals surface area (Å²) in [5.74, 6) is 5.65. The van der Waals surface area contributed by atoms with Gasteiger partial charge in [-0.25, -0.2) is 5.10 Å². The molecule has 2 aromatic heterocycles. The van der Waals surface area contributed by atoms with Crippen molar-refractivity contribution in [2.24, 2.45) is 0 Å². The zero-order valence-corrected chi connectivity index (χ0v) is 20.5. The van der Waals surface area contributed by atoms with Crippen LogP contribution in [-0.4, -0.2) is 20.1 Å². The van der Waals surface area contributed by atoms with Crippen LogP contribution >= 0.6 is 0 Å². The Hall–Kier alpha value is -5.04. The lowest BCUT2D eigenvalue weighted by Crippen LogP contribution is -2.30. The molecule has 0 saturated carbocycles. The topological polar surface area (TPSA) is 107 Å². The third-order valence-corrected chi connectivity index (χ3v) is 6.17. The molecular weight excluding hydrogens is 462 g/mol. The van der Waals surface area contributed by atoms with Crippen LogP contribution in [0.15, 0.2) is 107 Å². The molecule has 0 aliphatic heterocycles. The van der Waals surface area contributed by atoms with Crippen molar-refractivity contribution in [3.05, 3.63) is 129 Å². The Morgan fingerprint density at radius 1 is 0.622 bits per heavy atom. The number of nitrogens with zero attached hydrogens (tertiary/aromatic N) is 3. The zero-order chi connectivity index (χ0) is 25.9. The van der Waals surface area contributed by atoms with Crippen molar-refractivity contribution >= 4 is 21.5 Å². The first-order chi connectivity index (χ1) is 17.9. The molecular formula is C30H25N5O2. The molecule has 6 rings (SSSR count). The molecule has 4 aromatic carbocycles. The fourth-order valence-corrected chi connectivity index (χ4v) is 4.18. The van der Waals surface area contributed by atoms with Gasteiger partial charge in [0.15, 0.2) is 0 Å². The maximum absolute atomic E-state index is 11.9. The highest BCUT2D eigenvalue weighted by Gasteiger charge is 2.10. The number of hydrogen-bond acceptors (Lipinski definition) is 5. The van der Waals surface area contributed by atoms with Crippen molar-refractivity contribution in [1.82, 2.24) is 20.1 Å². The lowest BCUT2D eigenvalue weighted by molar-refractivity contribution is 0.781. The number of fused-ring (bicyclic) bond motifs is 2. The summed E-state index contributed by atoms with van der Waals surface area (Å²) in [5, 5.41) is 13.8. The number of hydrogen-bond donors (Lipinski definition) is 2. The van der Waals surface area contributed by atoms with Crippen molar-refractivity contribution in [2.75, 3.05) is 5.84 Å². The SMILES string of the molecule is Cc1ccc(-c2n[nH]c(=O)c3ccccc23)cc1.Cc1ccc(-c2nn(N)c(=O)c3ccccc23)cc1. The summed E-state index contributed by atoms with van der Waals surface area (Å²) in [6.07, 6.45) is 0. The first-order valence-corrected chi connectivity index (χ1v) is 11.8. The predicted octanol–water partition coefficient (Wildman–Crippen LogP) is 4.98. The van der Waals surface area contributed by atoms with Gasteiger partial charge >= 0.3 is 0 Å². The Balaban J connectivity index is 0.000000152. The number of nitrogens with one attached hydrogen (secondary N) is 1. The summed E-state index contributed by atoms with van der Waals surface area (Å²) in [5.41, 5.74) is 5.42. The van der Waals surface area contributed by atoms with Crippen LogP contribution < -0.4 is 17.0 Å². The molecule has 6 aromatic rings. The number of benzene rings is 4. The van der Waals surface area contributed by atoms with E-state index in [-0.39, 0.29) is 11.1 Å². The molecule has 0 atom stereocenters. The molecule has 7 heteroatoms. The molecule has 7 nitrogen and oxygen atoms in total. The zero-order valence-electron chi connectivity index (χ0n) is 20.5. The van der Waals surface area contributed by atoms with Gasteiger partial charge < -0.3 is 5.84 Å². The van der Waals surface area contributed by atoms with Gasteiger partial charge in [0.25, 0.3) is 11.1 Å². The van der Waals surface area contributed by atoms with Crippen molar-refractivity contribution < 1.29 is 0 Å². The van der Waals surface area contributed by atoms with Crippen LogP contribution in [0.4, 0.5) is 0 Å². The number of aryl methyl sites for hydroxylation is 2. The van der Waals surface area contributed by atoms with Gasteiger partial charge in [0.05, 0.1) is 16.5 Å². The largest absolute Gasteiger partial charge is 0.320 e. The van der Waals surface area contributed by atoms with Crippen molar-refractivity contribution in [3.63, 3.8) is 0 Å². The van der Waals surface area contributed by atoms with Gasteiger partial charge in [0.2, 0.25) is 0 Å². The molecule has 2 heterocycles. The standard InChI is InChI=1S/C15H13N3O.C15H12N2O/c1-10-6-8-11(9-7-10)14-12-4-2-3-5-13(12)15(19)18(16)17-14;1-10-6-8-11(9-7-10)14-12-4-2-3-5-13(12)15(18)17-16-14/h2-9H,16H2,1H3;2-9H,1H3,(H,17,18). The van der Waals surface area contributed by atoms with Crippen molar-refractivity contribution in [1.29, 1.82) is 0 Å². The molecule has 182 valence electrons. The van der Waals surface area contributed by atoms with E-state index in [2.05, 4.69) is 15.3 Å². The Kier molecular flexibility index (Phi) is 6.34. The lowest BCUT2D eigenvalue weighted by Gasteiger charge is -2.08. The average Bonchev–Trinajstić information content (AvgIpc) is 2.93. The average molecular weight is 488 g/mol. The second-order valence-corrected chi connectivity index (χ2v) is 8.82. The van der Waals surface area contributed by atoms with Crippen LogP contribution in [0.5, 0.6) is 0 Å². The van der Waals surface area contributed by atoms with E-state index in [0.717, 1.165) is 38.1 Å². The van der Waals surface area contributed by atoms with E-state index in [9.17, 15) is 9.59 Å². The first-order valence-electron chi connectivity index (χ1n) is 11.8. The Morgan fingerprint density at radius 3 is 1.65 bits per heavy atom. The van der Waals surface area contributed by atoms with E-state index < -0.39 is 0 Å². The minimum absolute atomic E-state index is 0.151. The minimum Gasteiger partial charge on any atom is -0.320 e. The van der Waals surface area contributed by atoms with Crippen molar-refractivity contribution in [2.45, 2.75) is 13.8 Å². The normalized spacial score (nSPS) is 10.8. The quantitative estimate of drug-likeness (QED) is 0.335. The molecule has 0 radical (unpaired) electrons. The highest BCUT2D eigenvalue weighted by molar-refractivity contribution is 5.94. The van der Waals surface area contributed by atoms with Crippen LogP contribution in [0.1, 0.15) is 11.1 Å². The number of nitrogen functional groups attached to an aromatic ring is 1. The molecule has 0 spiro atoms. The molecule has 0 aliphatic rings. The fraction of sp³-hybridized carbons (Fsp3) is 0.0667. The first kappa shape index (κ1) is 23.7. The second-order valence-electron chi connectivity index (χ2n) is 8.82. The monoisotopic (exact) mass is 487 g/mol. The van der Waals surface area contributed by atoms with E-state index in [0.29, 0.717) is 10.8 Å². The van der Waals surface area contributed by atoms with Crippen LogP contribution in [0, 0.1) is 13.8 Å². The van der Waals surface area contributed by atoms with E-state index in [1.165, 1.54) is 11.1 Å². The van der Waals surface area contributed by atoms with Crippen molar-refractivity contribution in [3.8, 4) is 22.5 Å². The van der Waals surface area contributed by atoms with E-state index in [1.54, 1.807) is 6.07 Å². The van der Waals surface area contributed by atoms with Gasteiger partial charge in [-0.3, -0.25) is 9.59 Å². The smallest absolute Gasteiger partial charge is 0.293 e. The molecule has 0 fully saturated rings. The maximum atomic E-state index is 11.9.